The van der Waals surface area contributed by atoms with Gasteiger partial charge in [-0.2, -0.15) is 0 Å². The minimum absolute atomic E-state index is 0.694. The van der Waals surface area contributed by atoms with Gasteiger partial charge in [-0.3, -0.25) is 0 Å². The van der Waals surface area contributed by atoms with E-state index in [1.165, 1.54) is 42.6 Å². The quantitative estimate of drug-likeness (QED) is 0.171. The van der Waals surface area contributed by atoms with Crippen molar-refractivity contribution in [3.63, 3.8) is 0 Å². The van der Waals surface area contributed by atoms with E-state index in [-0.39, 0.29) is 0 Å². The Morgan fingerprint density at radius 3 is 1.86 bits per heavy atom. The molecule has 3 heterocycles. The zero-order valence-corrected chi connectivity index (χ0v) is 28.3. The summed E-state index contributed by atoms with van der Waals surface area (Å²) in [6.45, 7) is 0. The smallest absolute Gasteiger partial charge is 0.160 e. The molecule has 0 bridgehead atoms. The van der Waals surface area contributed by atoms with Gasteiger partial charge in [-0.15, -0.1) is 11.3 Å². The van der Waals surface area contributed by atoms with E-state index < -0.39 is 0 Å². The molecule has 0 amide bonds. The highest BCUT2D eigenvalue weighted by Gasteiger charge is 2.18. The first-order valence-corrected chi connectivity index (χ1v) is 17.9. The predicted molar refractivity (Wildman–Crippen MR) is 215 cm³/mol. The van der Waals surface area contributed by atoms with Gasteiger partial charge in [0, 0.05) is 43.9 Å². The zero-order chi connectivity index (χ0) is 33.7. The molecule has 0 aliphatic carbocycles. The predicted octanol–water partition coefficient (Wildman–Crippen LogP) is 12.9. The molecular weight excluding hydrogens is 639 g/mol. The van der Waals surface area contributed by atoms with E-state index >= 15 is 0 Å². The first kappa shape index (κ1) is 29.4. The first-order valence-electron chi connectivity index (χ1n) is 17.1. The van der Waals surface area contributed by atoms with Crippen LogP contribution in [0, 0.1) is 0 Å². The summed E-state index contributed by atoms with van der Waals surface area (Å²) in [4.78, 5) is 16.4. The van der Waals surface area contributed by atoms with Crippen LogP contribution in [0.2, 0.25) is 0 Å². The average Bonchev–Trinajstić information content (AvgIpc) is 3.59. The molecule has 0 aliphatic heterocycles. The molecular formula is C47H29N3S. The third-order valence-electron chi connectivity index (χ3n) is 9.75. The Labute approximate surface area is 299 Å². The van der Waals surface area contributed by atoms with Crippen molar-refractivity contribution in [2.75, 3.05) is 0 Å². The van der Waals surface area contributed by atoms with Gasteiger partial charge >= 0.3 is 0 Å². The Kier molecular flexibility index (Phi) is 7.00. The Morgan fingerprint density at radius 1 is 0.373 bits per heavy atom. The van der Waals surface area contributed by atoms with E-state index in [0.29, 0.717) is 5.82 Å². The van der Waals surface area contributed by atoms with Gasteiger partial charge in [-0.25, -0.2) is 15.0 Å². The highest BCUT2D eigenvalue weighted by Crippen LogP contribution is 2.42. The molecule has 0 aliphatic rings. The summed E-state index contributed by atoms with van der Waals surface area (Å²) in [5, 5.41) is 7.31. The monoisotopic (exact) mass is 667 g/mol. The standard InChI is InChI=1S/C47H29N3S/c1-3-13-30(14-4-1)43-28-44(50-46(49-43)31-15-5-2-6-16-31)41-25-32(34-27-42-39-21-11-12-22-45(39)51-47(42)48-29-34)23-24-38(41)40-26-33-17-7-8-18-35(33)36-19-9-10-20-37(36)40/h1-29H. The number of hydrogen-bond acceptors (Lipinski definition) is 4. The zero-order valence-electron chi connectivity index (χ0n) is 27.5. The normalized spacial score (nSPS) is 11.5. The molecule has 0 saturated carbocycles. The highest BCUT2D eigenvalue weighted by atomic mass is 32.1. The van der Waals surface area contributed by atoms with Crippen LogP contribution < -0.4 is 0 Å². The molecule has 0 radical (unpaired) electrons. The average molecular weight is 668 g/mol. The lowest BCUT2D eigenvalue weighted by atomic mass is 9.88. The number of nitrogens with zero attached hydrogens (tertiary/aromatic N) is 3. The van der Waals surface area contributed by atoms with Gasteiger partial charge in [0.2, 0.25) is 0 Å². The lowest BCUT2D eigenvalue weighted by Crippen LogP contribution is -1.98. The molecule has 51 heavy (non-hydrogen) atoms. The number of benzene rings is 7. The van der Waals surface area contributed by atoms with Gasteiger partial charge in [-0.1, -0.05) is 140 Å². The maximum absolute atomic E-state index is 5.32. The van der Waals surface area contributed by atoms with Crippen molar-refractivity contribution < 1.29 is 0 Å². The lowest BCUT2D eigenvalue weighted by Gasteiger charge is -2.17. The van der Waals surface area contributed by atoms with Crippen LogP contribution in [0.3, 0.4) is 0 Å². The summed E-state index contributed by atoms with van der Waals surface area (Å²) in [5.74, 6) is 0.694. The van der Waals surface area contributed by atoms with Gasteiger partial charge in [0.1, 0.15) is 4.83 Å². The van der Waals surface area contributed by atoms with E-state index in [1.807, 2.05) is 30.5 Å². The van der Waals surface area contributed by atoms with E-state index in [4.69, 9.17) is 15.0 Å². The SMILES string of the molecule is c1ccc(-c2cc(-c3cc(-c4cnc5sc6ccccc6c5c4)ccc3-c3cc4ccccc4c4ccccc34)nc(-c3ccccc3)n2)cc1. The van der Waals surface area contributed by atoms with Gasteiger partial charge in [-0.05, 0) is 68.6 Å². The minimum Gasteiger partial charge on any atom is -0.245 e. The first-order chi connectivity index (χ1) is 25.3. The molecule has 0 unspecified atom stereocenters. The van der Waals surface area contributed by atoms with Gasteiger partial charge in [0.05, 0.1) is 11.4 Å². The summed E-state index contributed by atoms with van der Waals surface area (Å²) >= 11 is 1.74. The van der Waals surface area contributed by atoms with Gasteiger partial charge in [0.25, 0.3) is 0 Å². The third kappa shape index (κ3) is 5.16. The van der Waals surface area contributed by atoms with E-state index in [0.717, 1.165) is 49.6 Å². The number of aromatic nitrogens is 3. The molecule has 0 saturated heterocycles. The van der Waals surface area contributed by atoms with Crippen molar-refractivity contribution in [1.82, 2.24) is 15.0 Å². The van der Waals surface area contributed by atoms with Crippen LogP contribution in [0.5, 0.6) is 0 Å². The highest BCUT2D eigenvalue weighted by molar-refractivity contribution is 7.25. The molecule has 238 valence electrons. The third-order valence-corrected chi connectivity index (χ3v) is 10.8. The lowest BCUT2D eigenvalue weighted by molar-refractivity contribution is 1.18. The second-order valence-corrected chi connectivity index (χ2v) is 13.9. The number of rotatable bonds is 5. The van der Waals surface area contributed by atoms with Crippen LogP contribution in [0.4, 0.5) is 0 Å². The fourth-order valence-corrected chi connectivity index (χ4v) is 8.30. The molecule has 10 aromatic rings. The second-order valence-electron chi connectivity index (χ2n) is 12.8. The largest absolute Gasteiger partial charge is 0.245 e. The van der Waals surface area contributed by atoms with Gasteiger partial charge in [0.15, 0.2) is 5.82 Å². The van der Waals surface area contributed by atoms with Crippen LogP contribution in [0.25, 0.3) is 98.0 Å². The van der Waals surface area contributed by atoms with Crippen molar-refractivity contribution >= 4 is 53.2 Å². The van der Waals surface area contributed by atoms with Gasteiger partial charge < -0.3 is 0 Å². The van der Waals surface area contributed by atoms with Crippen LogP contribution in [0.1, 0.15) is 0 Å². The van der Waals surface area contributed by atoms with Crippen LogP contribution >= 0.6 is 11.3 Å². The minimum atomic E-state index is 0.694. The fourth-order valence-electron chi connectivity index (χ4n) is 7.27. The van der Waals surface area contributed by atoms with E-state index in [2.05, 4.69) is 146 Å². The Bertz CT molecular complexity index is 2860. The van der Waals surface area contributed by atoms with Crippen molar-refractivity contribution in [3.05, 3.63) is 176 Å². The molecule has 3 nitrogen and oxygen atoms in total. The molecule has 3 aromatic heterocycles. The number of fused-ring (bicyclic) bond motifs is 6. The Balaban J connectivity index is 1.26. The van der Waals surface area contributed by atoms with E-state index in [9.17, 15) is 0 Å². The topological polar surface area (TPSA) is 38.7 Å². The maximum atomic E-state index is 5.32. The molecule has 0 fully saturated rings. The fraction of sp³-hybridized carbons (Fsp3) is 0. The van der Waals surface area contributed by atoms with Crippen molar-refractivity contribution in [1.29, 1.82) is 0 Å². The number of pyridine rings is 1. The van der Waals surface area contributed by atoms with Crippen LogP contribution in [-0.2, 0) is 0 Å². The molecule has 0 atom stereocenters. The maximum Gasteiger partial charge on any atom is 0.160 e. The molecule has 4 heteroatoms. The summed E-state index contributed by atoms with van der Waals surface area (Å²) in [6, 6.07) is 60.1. The number of hydrogen-bond donors (Lipinski definition) is 0. The van der Waals surface area contributed by atoms with Crippen molar-refractivity contribution in [2.45, 2.75) is 0 Å². The summed E-state index contributed by atoms with van der Waals surface area (Å²) in [5.41, 5.74) is 9.26. The Morgan fingerprint density at radius 2 is 1.04 bits per heavy atom. The van der Waals surface area contributed by atoms with Crippen LogP contribution in [-0.4, -0.2) is 15.0 Å². The number of thiophene rings is 1. The summed E-state index contributed by atoms with van der Waals surface area (Å²) < 4.78 is 1.25. The summed E-state index contributed by atoms with van der Waals surface area (Å²) in [6.07, 6.45) is 2.01. The Hall–Kier alpha value is -6.49. The van der Waals surface area contributed by atoms with Crippen molar-refractivity contribution in [3.8, 4) is 56.2 Å². The van der Waals surface area contributed by atoms with Crippen molar-refractivity contribution in [2.24, 2.45) is 0 Å². The molecule has 0 N–H and O–H groups in total. The van der Waals surface area contributed by atoms with Crippen LogP contribution in [0.15, 0.2) is 176 Å². The second kappa shape index (κ2) is 12.1. The van der Waals surface area contributed by atoms with E-state index in [1.54, 1.807) is 11.3 Å². The molecule has 7 aromatic carbocycles. The molecule has 0 spiro atoms. The molecule has 10 rings (SSSR count). The summed E-state index contributed by atoms with van der Waals surface area (Å²) in [7, 11) is 0.